The van der Waals surface area contributed by atoms with Crippen molar-refractivity contribution in [1.82, 2.24) is 5.32 Å². The summed E-state index contributed by atoms with van der Waals surface area (Å²) >= 11 is 0. The Labute approximate surface area is 110 Å². The lowest BCUT2D eigenvalue weighted by molar-refractivity contribution is 0.723. The fraction of sp³-hybridized carbons (Fsp3) is 0.529. The number of hydrogen-bond donors (Lipinski definition) is 1. The summed E-state index contributed by atoms with van der Waals surface area (Å²) in [6.07, 6.45) is 9.03. The first-order valence-corrected chi connectivity index (χ1v) is 7.38. The fourth-order valence-electron chi connectivity index (χ4n) is 2.40. The molecule has 0 saturated heterocycles. The Morgan fingerprint density at radius 2 is 2.11 bits per heavy atom. The van der Waals surface area contributed by atoms with Crippen LogP contribution in [0.2, 0.25) is 0 Å². The standard InChI is InChI=1S/C17H23N/c1-2-13(12-18-17-8-9-17)10-14-4-3-5-16(11-14)15-6-7-15/h3-5,10-11,15,17-18H,2,6-9,12H2,1H3. The van der Waals surface area contributed by atoms with Gasteiger partial charge in [-0.15, -0.1) is 0 Å². The van der Waals surface area contributed by atoms with Gasteiger partial charge in [-0.1, -0.05) is 42.8 Å². The third-order valence-corrected chi connectivity index (χ3v) is 3.98. The summed E-state index contributed by atoms with van der Waals surface area (Å²) < 4.78 is 0. The summed E-state index contributed by atoms with van der Waals surface area (Å²) in [6.45, 7) is 3.32. The Hall–Kier alpha value is -1.08. The maximum absolute atomic E-state index is 3.61. The lowest BCUT2D eigenvalue weighted by Crippen LogP contribution is -2.18. The van der Waals surface area contributed by atoms with Crippen LogP contribution in [0.3, 0.4) is 0 Å². The molecule has 0 aromatic heterocycles. The number of nitrogens with one attached hydrogen (secondary N) is 1. The van der Waals surface area contributed by atoms with Gasteiger partial charge in [-0.3, -0.25) is 0 Å². The molecule has 0 radical (unpaired) electrons. The maximum Gasteiger partial charge on any atom is 0.0170 e. The lowest BCUT2D eigenvalue weighted by atomic mass is 10.0. The van der Waals surface area contributed by atoms with Crippen molar-refractivity contribution < 1.29 is 0 Å². The van der Waals surface area contributed by atoms with Gasteiger partial charge in [0.1, 0.15) is 0 Å². The topological polar surface area (TPSA) is 12.0 Å². The van der Waals surface area contributed by atoms with Crippen molar-refractivity contribution in [2.24, 2.45) is 0 Å². The molecule has 2 fully saturated rings. The lowest BCUT2D eigenvalue weighted by Gasteiger charge is -2.07. The normalized spacial score (nSPS) is 20.2. The number of hydrogen-bond acceptors (Lipinski definition) is 1. The van der Waals surface area contributed by atoms with Gasteiger partial charge in [-0.05, 0) is 49.1 Å². The van der Waals surface area contributed by atoms with Gasteiger partial charge < -0.3 is 5.32 Å². The van der Waals surface area contributed by atoms with E-state index in [0.29, 0.717) is 0 Å². The third-order valence-electron chi connectivity index (χ3n) is 3.98. The second kappa shape index (κ2) is 5.27. The van der Waals surface area contributed by atoms with E-state index in [2.05, 4.69) is 42.6 Å². The van der Waals surface area contributed by atoms with Crippen LogP contribution >= 0.6 is 0 Å². The first-order chi connectivity index (χ1) is 8.85. The molecule has 1 N–H and O–H groups in total. The van der Waals surface area contributed by atoms with Crippen molar-refractivity contribution in [2.45, 2.75) is 51.0 Å². The molecule has 1 heteroatoms. The van der Waals surface area contributed by atoms with Crippen LogP contribution < -0.4 is 5.32 Å². The number of benzene rings is 1. The summed E-state index contributed by atoms with van der Waals surface area (Å²) in [6, 6.07) is 9.91. The molecule has 2 aliphatic carbocycles. The first kappa shape index (κ1) is 12.0. The molecular formula is C17H23N. The highest BCUT2D eigenvalue weighted by atomic mass is 14.9. The zero-order valence-electron chi connectivity index (χ0n) is 11.3. The van der Waals surface area contributed by atoms with Crippen LogP contribution in [0, 0.1) is 0 Å². The Bertz CT molecular complexity index is 439. The molecule has 0 bridgehead atoms. The molecule has 96 valence electrons. The number of rotatable bonds is 6. The van der Waals surface area contributed by atoms with E-state index in [9.17, 15) is 0 Å². The highest BCUT2D eigenvalue weighted by molar-refractivity contribution is 5.54. The molecule has 3 rings (SSSR count). The van der Waals surface area contributed by atoms with E-state index >= 15 is 0 Å². The fourth-order valence-corrected chi connectivity index (χ4v) is 2.40. The van der Waals surface area contributed by atoms with Crippen LogP contribution in [0.5, 0.6) is 0 Å². The summed E-state index contributed by atoms with van der Waals surface area (Å²) in [7, 11) is 0. The quantitative estimate of drug-likeness (QED) is 0.790. The van der Waals surface area contributed by atoms with E-state index in [4.69, 9.17) is 0 Å². The molecule has 18 heavy (non-hydrogen) atoms. The van der Waals surface area contributed by atoms with Crippen LogP contribution in [0.25, 0.3) is 6.08 Å². The second-order valence-electron chi connectivity index (χ2n) is 5.76. The van der Waals surface area contributed by atoms with Crippen molar-refractivity contribution in [3.05, 3.63) is 41.0 Å². The van der Waals surface area contributed by atoms with E-state index in [1.807, 2.05) is 0 Å². The largest absolute Gasteiger partial charge is 0.310 e. The Balaban J connectivity index is 1.68. The van der Waals surface area contributed by atoms with Gasteiger partial charge in [0.05, 0.1) is 0 Å². The molecule has 0 unspecified atom stereocenters. The Morgan fingerprint density at radius 1 is 1.28 bits per heavy atom. The summed E-state index contributed by atoms with van der Waals surface area (Å²) in [5.41, 5.74) is 4.44. The van der Waals surface area contributed by atoms with Crippen LogP contribution in [0.15, 0.2) is 29.8 Å². The van der Waals surface area contributed by atoms with Gasteiger partial charge in [-0.2, -0.15) is 0 Å². The second-order valence-corrected chi connectivity index (χ2v) is 5.76. The zero-order chi connectivity index (χ0) is 12.4. The minimum Gasteiger partial charge on any atom is -0.310 e. The SMILES string of the molecule is CCC(=Cc1cccc(C2CC2)c1)CNC1CC1. The highest BCUT2D eigenvalue weighted by Gasteiger charge is 2.23. The van der Waals surface area contributed by atoms with Gasteiger partial charge in [-0.25, -0.2) is 0 Å². The molecule has 1 aromatic carbocycles. The van der Waals surface area contributed by atoms with E-state index in [-0.39, 0.29) is 0 Å². The monoisotopic (exact) mass is 241 g/mol. The molecule has 1 nitrogen and oxygen atoms in total. The van der Waals surface area contributed by atoms with E-state index in [0.717, 1.165) is 24.9 Å². The molecule has 0 spiro atoms. The van der Waals surface area contributed by atoms with Crippen molar-refractivity contribution >= 4 is 6.08 Å². The minimum atomic E-state index is 0.803. The molecule has 1 aromatic rings. The maximum atomic E-state index is 3.61. The van der Waals surface area contributed by atoms with Crippen LogP contribution in [0.4, 0.5) is 0 Å². The third kappa shape index (κ3) is 3.23. The van der Waals surface area contributed by atoms with Gasteiger partial charge >= 0.3 is 0 Å². The van der Waals surface area contributed by atoms with Crippen LogP contribution in [0.1, 0.15) is 56.1 Å². The average Bonchev–Trinajstić information content (AvgIpc) is 3.29. The average molecular weight is 241 g/mol. The van der Waals surface area contributed by atoms with Gasteiger partial charge in [0, 0.05) is 12.6 Å². The highest BCUT2D eigenvalue weighted by Crippen LogP contribution is 2.40. The predicted octanol–water partition coefficient (Wildman–Crippen LogP) is 4.11. The van der Waals surface area contributed by atoms with E-state index in [1.165, 1.54) is 42.4 Å². The van der Waals surface area contributed by atoms with Crippen LogP contribution in [-0.4, -0.2) is 12.6 Å². The molecule has 0 amide bonds. The van der Waals surface area contributed by atoms with Crippen molar-refractivity contribution in [3.8, 4) is 0 Å². The van der Waals surface area contributed by atoms with Gasteiger partial charge in [0.25, 0.3) is 0 Å². The molecule has 2 saturated carbocycles. The first-order valence-electron chi connectivity index (χ1n) is 7.38. The van der Waals surface area contributed by atoms with Gasteiger partial charge in [0.15, 0.2) is 0 Å². The van der Waals surface area contributed by atoms with Crippen molar-refractivity contribution in [1.29, 1.82) is 0 Å². The molecule has 0 heterocycles. The van der Waals surface area contributed by atoms with E-state index in [1.54, 1.807) is 0 Å². The van der Waals surface area contributed by atoms with E-state index < -0.39 is 0 Å². The molecule has 0 atom stereocenters. The zero-order valence-corrected chi connectivity index (χ0v) is 11.3. The predicted molar refractivity (Wildman–Crippen MR) is 77.7 cm³/mol. The Kier molecular flexibility index (Phi) is 3.51. The van der Waals surface area contributed by atoms with Crippen LogP contribution in [-0.2, 0) is 0 Å². The Morgan fingerprint density at radius 3 is 2.78 bits per heavy atom. The minimum absolute atomic E-state index is 0.803. The summed E-state index contributed by atoms with van der Waals surface area (Å²) in [5, 5.41) is 3.61. The van der Waals surface area contributed by atoms with Gasteiger partial charge in [0.2, 0.25) is 0 Å². The summed E-state index contributed by atoms with van der Waals surface area (Å²) in [4.78, 5) is 0. The smallest absolute Gasteiger partial charge is 0.0170 e. The molecule has 2 aliphatic rings. The molecule has 0 aliphatic heterocycles. The molecular weight excluding hydrogens is 218 g/mol. The summed E-state index contributed by atoms with van der Waals surface area (Å²) in [5.74, 6) is 0.855. The van der Waals surface area contributed by atoms with Crippen molar-refractivity contribution in [2.75, 3.05) is 6.54 Å². The van der Waals surface area contributed by atoms with Crippen molar-refractivity contribution in [3.63, 3.8) is 0 Å².